The smallest absolute Gasteiger partial charge is 0.128 e. The average molecular weight is 471 g/mol. The Kier molecular flexibility index (Phi) is 5.82. The second-order valence-corrected chi connectivity index (χ2v) is 14.8. The van der Waals surface area contributed by atoms with Gasteiger partial charge in [0.05, 0.1) is 17.6 Å². The minimum atomic E-state index is -0.613. The summed E-state index contributed by atoms with van der Waals surface area (Å²) in [5, 5.41) is 10.8. The molecular formula is C31H50O3. The molecule has 192 valence electrons. The van der Waals surface area contributed by atoms with Gasteiger partial charge in [-0.2, -0.15) is 0 Å². The van der Waals surface area contributed by atoms with Crippen molar-refractivity contribution in [3.05, 3.63) is 11.6 Å². The fraction of sp³-hybridized carbons (Fsp3) is 0.903. The van der Waals surface area contributed by atoms with Gasteiger partial charge in [0, 0.05) is 7.11 Å². The van der Waals surface area contributed by atoms with Crippen molar-refractivity contribution in [3.8, 4) is 0 Å². The SMILES string of the molecule is CO[C@H]1CC[C@@]2(C)[C@@H](CC[C@@]3(C)CC4=CC[C@H]5[C@](C)(C=O)[C@@H](O)CC[C@]5(C)[C@H]4CC[C@@H]32)C1(C)C. The van der Waals surface area contributed by atoms with Gasteiger partial charge in [-0.3, -0.25) is 0 Å². The number of fused-ring (bicyclic) bond motifs is 6. The first kappa shape index (κ1) is 25.0. The van der Waals surface area contributed by atoms with E-state index in [4.69, 9.17) is 4.74 Å². The van der Waals surface area contributed by atoms with Crippen molar-refractivity contribution in [1.29, 1.82) is 0 Å². The third-order valence-electron chi connectivity index (χ3n) is 13.1. The lowest BCUT2D eigenvalue weighted by molar-refractivity contribution is -0.178. The first-order valence-electron chi connectivity index (χ1n) is 14.2. The fourth-order valence-electron chi connectivity index (χ4n) is 11.3. The van der Waals surface area contributed by atoms with E-state index in [9.17, 15) is 9.90 Å². The first-order chi connectivity index (χ1) is 15.9. The third kappa shape index (κ3) is 3.17. The van der Waals surface area contributed by atoms with Gasteiger partial charge >= 0.3 is 0 Å². The van der Waals surface area contributed by atoms with Crippen molar-refractivity contribution >= 4 is 6.29 Å². The van der Waals surface area contributed by atoms with Gasteiger partial charge in [-0.1, -0.05) is 53.2 Å². The van der Waals surface area contributed by atoms with Gasteiger partial charge in [0.25, 0.3) is 0 Å². The van der Waals surface area contributed by atoms with Crippen LogP contribution in [0.15, 0.2) is 11.6 Å². The summed E-state index contributed by atoms with van der Waals surface area (Å²) in [6, 6.07) is 0. The monoisotopic (exact) mass is 470 g/mol. The van der Waals surface area contributed by atoms with E-state index in [2.05, 4.69) is 40.7 Å². The second kappa shape index (κ2) is 7.91. The van der Waals surface area contributed by atoms with Crippen molar-refractivity contribution in [2.75, 3.05) is 7.11 Å². The molecule has 5 aliphatic carbocycles. The van der Waals surface area contributed by atoms with E-state index in [1.807, 2.05) is 14.0 Å². The zero-order valence-corrected chi connectivity index (χ0v) is 23.0. The molecule has 34 heavy (non-hydrogen) atoms. The number of allylic oxidation sites excluding steroid dienone is 2. The lowest BCUT2D eigenvalue weighted by Gasteiger charge is -2.64. The summed E-state index contributed by atoms with van der Waals surface area (Å²) in [6.45, 7) is 14.7. The van der Waals surface area contributed by atoms with Gasteiger partial charge in [-0.15, -0.1) is 0 Å². The van der Waals surface area contributed by atoms with Crippen LogP contribution in [0.5, 0.6) is 0 Å². The summed E-state index contributed by atoms with van der Waals surface area (Å²) in [4.78, 5) is 12.3. The van der Waals surface area contributed by atoms with Crippen LogP contribution in [-0.4, -0.2) is 30.7 Å². The zero-order valence-electron chi connectivity index (χ0n) is 23.0. The van der Waals surface area contributed by atoms with Crippen LogP contribution in [0.25, 0.3) is 0 Å². The predicted molar refractivity (Wildman–Crippen MR) is 137 cm³/mol. The highest BCUT2D eigenvalue weighted by atomic mass is 16.5. The maximum atomic E-state index is 12.3. The van der Waals surface area contributed by atoms with Crippen molar-refractivity contribution in [2.45, 2.75) is 118 Å². The largest absolute Gasteiger partial charge is 0.392 e. The maximum absolute atomic E-state index is 12.3. The van der Waals surface area contributed by atoms with Crippen LogP contribution < -0.4 is 0 Å². The number of carbonyl (C=O) groups excluding carboxylic acids is 1. The molecule has 3 nitrogen and oxygen atoms in total. The summed E-state index contributed by atoms with van der Waals surface area (Å²) in [6.07, 6.45) is 15.2. The summed E-state index contributed by atoms with van der Waals surface area (Å²) in [7, 11) is 1.91. The quantitative estimate of drug-likeness (QED) is 0.350. The number of aliphatic hydroxyl groups is 1. The first-order valence-corrected chi connectivity index (χ1v) is 14.2. The molecule has 0 aromatic heterocycles. The number of aldehydes is 1. The molecule has 3 heteroatoms. The minimum Gasteiger partial charge on any atom is -0.392 e. The number of rotatable bonds is 2. The molecule has 4 fully saturated rings. The highest BCUT2D eigenvalue weighted by molar-refractivity contribution is 5.61. The summed E-state index contributed by atoms with van der Waals surface area (Å²) >= 11 is 0. The molecule has 1 N–H and O–H groups in total. The van der Waals surface area contributed by atoms with E-state index in [0.717, 1.165) is 37.4 Å². The van der Waals surface area contributed by atoms with Gasteiger partial charge in [-0.25, -0.2) is 0 Å². The molecule has 0 saturated heterocycles. The Labute approximate surface area is 208 Å². The highest BCUT2D eigenvalue weighted by Crippen LogP contribution is 2.70. The Morgan fingerprint density at radius 2 is 1.59 bits per heavy atom. The lowest BCUT2D eigenvalue weighted by atomic mass is 9.42. The second-order valence-electron chi connectivity index (χ2n) is 14.8. The van der Waals surface area contributed by atoms with Crippen molar-refractivity contribution in [3.63, 3.8) is 0 Å². The molecule has 0 aromatic rings. The number of methoxy groups -OCH3 is 1. The average Bonchev–Trinajstić information content (AvgIpc) is 2.93. The Morgan fingerprint density at radius 1 is 0.882 bits per heavy atom. The van der Waals surface area contributed by atoms with E-state index in [0.29, 0.717) is 22.9 Å². The van der Waals surface area contributed by atoms with Crippen molar-refractivity contribution in [1.82, 2.24) is 0 Å². The standard InChI is InChI=1S/C31H50O3/c1-27(2)22-12-15-28(3)18-20-8-10-24-29(4,16-13-25(33)31(24,6)19-32)21(20)9-11-23(28)30(22,5)17-14-26(27)34-7/h8,19,21-26,33H,9-18H2,1-7H3/t21-,22-,23-,24+,25-,26-,28-,29+,30-,31-/m0/s1. The van der Waals surface area contributed by atoms with Gasteiger partial charge in [0.15, 0.2) is 0 Å². The maximum Gasteiger partial charge on any atom is 0.128 e. The van der Waals surface area contributed by atoms with Gasteiger partial charge in [0.2, 0.25) is 0 Å². The van der Waals surface area contributed by atoms with Crippen LogP contribution in [0.3, 0.4) is 0 Å². The molecule has 10 atom stereocenters. The van der Waals surface area contributed by atoms with Crippen molar-refractivity contribution in [2.24, 2.45) is 50.7 Å². The fourth-order valence-corrected chi connectivity index (χ4v) is 11.3. The topological polar surface area (TPSA) is 46.5 Å². The van der Waals surface area contributed by atoms with Crippen molar-refractivity contribution < 1.29 is 14.6 Å². The normalized spacial score (nSPS) is 54.4. The number of hydrogen-bond acceptors (Lipinski definition) is 3. The molecule has 0 unspecified atom stereocenters. The molecule has 0 amide bonds. The number of ether oxygens (including phenoxy) is 1. The van der Waals surface area contributed by atoms with E-state index in [-0.39, 0.29) is 16.7 Å². The molecule has 0 aromatic carbocycles. The number of aliphatic hydroxyl groups excluding tert-OH is 1. The molecule has 0 spiro atoms. The Hall–Kier alpha value is -0.670. The Balaban J connectivity index is 1.50. The molecule has 0 heterocycles. The van der Waals surface area contributed by atoms with Crippen LogP contribution in [0.4, 0.5) is 0 Å². The Morgan fingerprint density at radius 3 is 2.26 bits per heavy atom. The van der Waals surface area contributed by atoms with Crippen LogP contribution in [0.1, 0.15) is 106 Å². The molecule has 0 aliphatic heterocycles. The van der Waals surface area contributed by atoms with Gasteiger partial charge in [0.1, 0.15) is 6.29 Å². The zero-order chi connectivity index (χ0) is 24.7. The van der Waals surface area contributed by atoms with Gasteiger partial charge < -0.3 is 14.6 Å². The Bertz CT molecular complexity index is 861. The van der Waals surface area contributed by atoms with E-state index in [1.165, 1.54) is 44.9 Å². The summed E-state index contributed by atoms with van der Waals surface area (Å²) < 4.78 is 6.02. The van der Waals surface area contributed by atoms with E-state index >= 15 is 0 Å². The van der Waals surface area contributed by atoms with E-state index in [1.54, 1.807) is 5.57 Å². The molecular weight excluding hydrogens is 420 g/mol. The molecule has 0 radical (unpaired) electrons. The summed E-state index contributed by atoms with van der Waals surface area (Å²) in [5.41, 5.74) is 2.17. The molecule has 0 bridgehead atoms. The third-order valence-corrected chi connectivity index (χ3v) is 13.1. The lowest BCUT2D eigenvalue weighted by Crippen LogP contribution is -2.58. The predicted octanol–water partition coefficient (Wildman–Crippen LogP) is 6.97. The minimum absolute atomic E-state index is 0.121. The van der Waals surface area contributed by atoms with Crippen LogP contribution in [0, 0.1) is 50.7 Å². The van der Waals surface area contributed by atoms with Gasteiger partial charge in [-0.05, 0) is 110 Å². The van der Waals surface area contributed by atoms with Crippen LogP contribution >= 0.6 is 0 Å². The van der Waals surface area contributed by atoms with Crippen LogP contribution in [-0.2, 0) is 9.53 Å². The number of carbonyl (C=O) groups is 1. The molecule has 5 rings (SSSR count). The molecule has 5 aliphatic rings. The van der Waals surface area contributed by atoms with Crippen LogP contribution in [0.2, 0.25) is 0 Å². The highest BCUT2D eigenvalue weighted by Gasteiger charge is 2.63. The summed E-state index contributed by atoms with van der Waals surface area (Å²) in [5.74, 6) is 2.28. The molecule has 4 saturated carbocycles. The van der Waals surface area contributed by atoms with E-state index < -0.39 is 11.5 Å². The number of hydrogen-bond donors (Lipinski definition) is 1.